The molecular formula is C16H28IN3O2. The number of furan rings is 1. The molecule has 0 aliphatic heterocycles. The summed E-state index contributed by atoms with van der Waals surface area (Å²) in [7, 11) is 1.73. The van der Waals surface area contributed by atoms with Gasteiger partial charge in [0, 0.05) is 33.2 Å². The van der Waals surface area contributed by atoms with Crippen molar-refractivity contribution in [3.63, 3.8) is 0 Å². The Kier molecular flexibility index (Phi) is 13.0. The highest BCUT2D eigenvalue weighted by atomic mass is 127. The fraction of sp³-hybridized carbons (Fsp3) is 0.562. The van der Waals surface area contributed by atoms with Gasteiger partial charge in [0.15, 0.2) is 5.96 Å². The van der Waals surface area contributed by atoms with Crippen molar-refractivity contribution in [2.24, 2.45) is 4.99 Å². The number of hydrogen-bond donors (Lipinski definition) is 2. The van der Waals surface area contributed by atoms with E-state index in [1.54, 1.807) is 13.4 Å². The van der Waals surface area contributed by atoms with Gasteiger partial charge in [-0.1, -0.05) is 12.2 Å². The second-order valence-corrected chi connectivity index (χ2v) is 5.00. The third kappa shape index (κ3) is 10.7. The van der Waals surface area contributed by atoms with E-state index in [0.29, 0.717) is 6.54 Å². The van der Waals surface area contributed by atoms with E-state index in [1.165, 1.54) is 0 Å². The van der Waals surface area contributed by atoms with Gasteiger partial charge in [0.2, 0.25) is 0 Å². The molecule has 0 radical (unpaired) electrons. The van der Waals surface area contributed by atoms with Crippen LogP contribution in [0.4, 0.5) is 0 Å². The molecule has 0 bridgehead atoms. The van der Waals surface area contributed by atoms with E-state index in [2.05, 4.69) is 22.2 Å². The van der Waals surface area contributed by atoms with Crippen molar-refractivity contribution < 1.29 is 9.15 Å². The molecule has 5 nitrogen and oxygen atoms in total. The van der Waals surface area contributed by atoms with Crippen LogP contribution >= 0.6 is 24.0 Å². The number of guanidine groups is 1. The first-order valence-corrected chi connectivity index (χ1v) is 7.40. The Bertz CT molecular complexity index is 419. The number of hydrogen-bond acceptors (Lipinski definition) is 3. The Hall–Kier alpha value is -1.02. The Morgan fingerprint density at radius 2 is 2.09 bits per heavy atom. The highest BCUT2D eigenvalue weighted by molar-refractivity contribution is 14.0. The van der Waals surface area contributed by atoms with Crippen molar-refractivity contribution in [1.82, 2.24) is 10.6 Å². The van der Waals surface area contributed by atoms with E-state index in [9.17, 15) is 0 Å². The first-order chi connectivity index (χ1) is 10.2. The van der Waals surface area contributed by atoms with Gasteiger partial charge in [-0.25, -0.2) is 4.99 Å². The molecular weight excluding hydrogens is 393 g/mol. The van der Waals surface area contributed by atoms with Gasteiger partial charge in [0.1, 0.15) is 5.76 Å². The van der Waals surface area contributed by atoms with Crippen LogP contribution in [0.25, 0.3) is 0 Å². The first-order valence-electron chi connectivity index (χ1n) is 7.40. The van der Waals surface area contributed by atoms with Crippen molar-refractivity contribution in [3.8, 4) is 0 Å². The average Bonchev–Trinajstić information content (AvgIpc) is 2.97. The number of methoxy groups -OCH3 is 1. The summed E-state index contributed by atoms with van der Waals surface area (Å²) in [4.78, 5) is 4.49. The lowest BCUT2D eigenvalue weighted by molar-refractivity contribution is 0.193. The van der Waals surface area contributed by atoms with Crippen LogP contribution in [-0.2, 0) is 11.2 Å². The molecule has 0 fully saturated rings. The quantitative estimate of drug-likeness (QED) is 0.201. The molecule has 126 valence electrons. The number of halogens is 1. The van der Waals surface area contributed by atoms with Crippen LogP contribution in [0.2, 0.25) is 0 Å². The van der Waals surface area contributed by atoms with E-state index in [4.69, 9.17) is 9.15 Å². The molecule has 6 heteroatoms. The molecule has 0 unspecified atom stereocenters. The van der Waals surface area contributed by atoms with Crippen LogP contribution in [-0.4, -0.2) is 39.3 Å². The second kappa shape index (κ2) is 13.6. The number of nitrogens with zero attached hydrogens (tertiary/aromatic N) is 1. The molecule has 1 rings (SSSR count). The lowest BCUT2D eigenvalue weighted by Gasteiger charge is -2.12. The summed E-state index contributed by atoms with van der Waals surface area (Å²) in [5, 5.41) is 6.64. The summed E-state index contributed by atoms with van der Waals surface area (Å²) in [5.74, 6) is 1.80. The zero-order valence-electron chi connectivity index (χ0n) is 13.6. The zero-order valence-corrected chi connectivity index (χ0v) is 15.9. The summed E-state index contributed by atoms with van der Waals surface area (Å²) in [5.41, 5.74) is 1.04. The van der Waals surface area contributed by atoms with E-state index >= 15 is 0 Å². The number of ether oxygens (including phenoxy) is 1. The Morgan fingerprint density at radius 3 is 2.73 bits per heavy atom. The average molecular weight is 421 g/mol. The SMILES string of the molecule is C=C(C)CN=C(NCCCCOC)NCCc1ccco1.I. The van der Waals surface area contributed by atoms with Crippen molar-refractivity contribution in [2.45, 2.75) is 26.2 Å². The van der Waals surface area contributed by atoms with E-state index in [0.717, 1.165) is 56.3 Å². The summed E-state index contributed by atoms with van der Waals surface area (Å²) < 4.78 is 10.3. The van der Waals surface area contributed by atoms with Crippen LogP contribution in [0.3, 0.4) is 0 Å². The van der Waals surface area contributed by atoms with E-state index in [-0.39, 0.29) is 24.0 Å². The molecule has 1 aromatic rings. The van der Waals surface area contributed by atoms with Crippen molar-refractivity contribution >= 4 is 29.9 Å². The van der Waals surface area contributed by atoms with Gasteiger partial charge < -0.3 is 19.8 Å². The Balaban J connectivity index is 0.00000441. The lowest BCUT2D eigenvalue weighted by Crippen LogP contribution is -2.39. The summed E-state index contributed by atoms with van der Waals surface area (Å²) in [6, 6.07) is 3.88. The molecule has 0 aromatic carbocycles. The van der Waals surface area contributed by atoms with Crippen LogP contribution in [0.5, 0.6) is 0 Å². The standard InChI is InChI=1S/C16H27N3O2.HI/c1-14(2)13-19-16(17-9-4-5-11-20-3)18-10-8-15-7-6-12-21-15;/h6-7,12H,1,4-5,8-11,13H2,2-3H3,(H2,17,18,19);1H. The molecule has 1 aromatic heterocycles. The third-order valence-corrected chi connectivity index (χ3v) is 2.82. The zero-order chi connectivity index (χ0) is 15.3. The number of nitrogens with one attached hydrogen (secondary N) is 2. The van der Waals surface area contributed by atoms with Crippen molar-refractivity contribution in [2.75, 3.05) is 33.4 Å². The topological polar surface area (TPSA) is 58.8 Å². The van der Waals surface area contributed by atoms with Gasteiger partial charge in [-0.05, 0) is 31.9 Å². The fourth-order valence-corrected chi connectivity index (χ4v) is 1.73. The van der Waals surface area contributed by atoms with Gasteiger partial charge >= 0.3 is 0 Å². The minimum atomic E-state index is 0. The van der Waals surface area contributed by atoms with Crippen LogP contribution < -0.4 is 10.6 Å². The van der Waals surface area contributed by atoms with Crippen molar-refractivity contribution in [1.29, 1.82) is 0 Å². The third-order valence-electron chi connectivity index (χ3n) is 2.82. The fourth-order valence-electron chi connectivity index (χ4n) is 1.73. The smallest absolute Gasteiger partial charge is 0.191 e. The number of rotatable bonds is 10. The molecule has 1 heterocycles. The molecule has 2 N–H and O–H groups in total. The highest BCUT2D eigenvalue weighted by Gasteiger charge is 2.00. The molecule has 22 heavy (non-hydrogen) atoms. The van der Waals surface area contributed by atoms with Crippen LogP contribution in [0.15, 0.2) is 40.0 Å². The van der Waals surface area contributed by atoms with Gasteiger partial charge in [-0.15, -0.1) is 24.0 Å². The maximum Gasteiger partial charge on any atom is 0.191 e. The minimum absolute atomic E-state index is 0. The van der Waals surface area contributed by atoms with Gasteiger partial charge in [-0.2, -0.15) is 0 Å². The number of unbranched alkanes of at least 4 members (excludes halogenated alkanes) is 1. The summed E-state index contributed by atoms with van der Waals surface area (Å²) in [6.07, 6.45) is 4.63. The van der Waals surface area contributed by atoms with Gasteiger partial charge in [0.25, 0.3) is 0 Å². The molecule has 0 saturated carbocycles. The minimum Gasteiger partial charge on any atom is -0.469 e. The molecule has 0 spiro atoms. The first kappa shape index (κ1) is 21.0. The molecule has 0 aliphatic carbocycles. The van der Waals surface area contributed by atoms with Gasteiger partial charge in [-0.3, -0.25) is 0 Å². The van der Waals surface area contributed by atoms with Crippen molar-refractivity contribution in [3.05, 3.63) is 36.3 Å². The van der Waals surface area contributed by atoms with Crippen LogP contribution in [0.1, 0.15) is 25.5 Å². The second-order valence-electron chi connectivity index (χ2n) is 5.00. The predicted octanol–water partition coefficient (Wildman–Crippen LogP) is 2.98. The monoisotopic (exact) mass is 421 g/mol. The molecule has 0 amide bonds. The summed E-state index contributed by atoms with van der Waals surface area (Å²) in [6.45, 7) is 8.95. The maximum atomic E-state index is 5.31. The normalized spacial score (nSPS) is 10.9. The van der Waals surface area contributed by atoms with Crippen LogP contribution in [0, 0.1) is 0 Å². The number of aliphatic imine (C=N–C) groups is 1. The Morgan fingerprint density at radius 1 is 1.32 bits per heavy atom. The Labute approximate surface area is 150 Å². The van der Waals surface area contributed by atoms with Gasteiger partial charge in [0.05, 0.1) is 12.8 Å². The van der Waals surface area contributed by atoms with E-state index in [1.807, 2.05) is 19.1 Å². The molecule has 0 atom stereocenters. The summed E-state index contributed by atoms with van der Waals surface area (Å²) >= 11 is 0. The lowest BCUT2D eigenvalue weighted by atomic mass is 10.3. The van der Waals surface area contributed by atoms with E-state index < -0.39 is 0 Å². The maximum absolute atomic E-state index is 5.31. The molecule has 0 aliphatic rings. The predicted molar refractivity (Wildman–Crippen MR) is 102 cm³/mol. The highest BCUT2D eigenvalue weighted by Crippen LogP contribution is 1.99. The molecule has 0 saturated heterocycles. The largest absolute Gasteiger partial charge is 0.469 e.